The Morgan fingerprint density at radius 2 is 2.07 bits per heavy atom. The van der Waals surface area contributed by atoms with Crippen LogP contribution in [0.25, 0.3) is 11.0 Å². The molecular weight excluding hydrogens is 368 g/mol. The van der Waals surface area contributed by atoms with Crippen LogP contribution in [0.3, 0.4) is 0 Å². The Bertz CT molecular complexity index is 905. The second-order valence-corrected chi connectivity index (χ2v) is 8.79. The van der Waals surface area contributed by atoms with Crippen molar-refractivity contribution in [1.29, 1.82) is 0 Å². The average molecular weight is 397 g/mol. The van der Waals surface area contributed by atoms with Crippen molar-refractivity contribution in [3.8, 4) is 0 Å². The molecule has 0 saturated carbocycles. The summed E-state index contributed by atoms with van der Waals surface area (Å²) >= 11 is 0. The molecule has 0 spiro atoms. The molecule has 9 heteroatoms. The molecule has 2 aromatic rings. The second-order valence-electron chi connectivity index (χ2n) is 6.63. The van der Waals surface area contributed by atoms with Crippen molar-refractivity contribution in [3.63, 3.8) is 0 Å². The van der Waals surface area contributed by atoms with E-state index < -0.39 is 10.0 Å². The van der Waals surface area contributed by atoms with Crippen molar-refractivity contribution in [3.05, 3.63) is 24.0 Å². The molecule has 0 aliphatic heterocycles. The number of aryl methyl sites for hydroxylation is 2. The SMILES string of the molecule is CCn1c(CCC(=O)NC(C)COC)nc2cc(S(=O)(=O)N(C)C)ccc21. The van der Waals surface area contributed by atoms with E-state index in [4.69, 9.17) is 4.74 Å². The number of fused-ring (bicyclic) bond motifs is 1. The molecular formula is C18H28N4O4S. The third-order valence-corrected chi connectivity index (χ3v) is 6.10. The molecule has 1 N–H and O–H groups in total. The monoisotopic (exact) mass is 396 g/mol. The van der Waals surface area contributed by atoms with Crippen LogP contribution < -0.4 is 5.32 Å². The van der Waals surface area contributed by atoms with E-state index in [2.05, 4.69) is 10.3 Å². The largest absolute Gasteiger partial charge is 0.383 e. The van der Waals surface area contributed by atoms with Gasteiger partial charge in [-0.05, 0) is 32.0 Å². The molecule has 0 aliphatic carbocycles. The van der Waals surface area contributed by atoms with Crippen molar-refractivity contribution >= 4 is 27.0 Å². The second kappa shape index (κ2) is 8.81. The van der Waals surface area contributed by atoms with Gasteiger partial charge < -0.3 is 14.6 Å². The lowest BCUT2D eigenvalue weighted by atomic mass is 10.2. The Morgan fingerprint density at radius 1 is 1.37 bits per heavy atom. The first-order valence-electron chi connectivity index (χ1n) is 8.90. The Balaban J connectivity index is 2.24. The molecule has 8 nitrogen and oxygen atoms in total. The van der Waals surface area contributed by atoms with Crippen LogP contribution in [-0.4, -0.2) is 62.0 Å². The van der Waals surface area contributed by atoms with Gasteiger partial charge in [0.25, 0.3) is 0 Å². The van der Waals surface area contributed by atoms with Crippen molar-refractivity contribution in [1.82, 2.24) is 19.2 Å². The summed E-state index contributed by atoms with van der Waals surface area (Å²) in [5.41, 5.74) is 1.47. The first-order chi connectivity index (χ1) is 12.7. The minimum atomic E-state index is -3.52. The topological polar surface area (TPSA) is 93.5 Å². The van der Waals surface area contributed by atoms with Gasteiger partial charge in [0.05, 0.1) is 22.5 Å². The first kappa shape index (κ1) is 21.3. The molecule has 1 atom stereocenters. The third-order valence-electron chi connectivity index (χ3n) is 4.29. The van der Waals surface area contributed by atoms with Crippen LogP contribution in [-0.2, 0) is 32.5 Å². The van der Waals surface area contributed by atoms with E-state index >= 15 is 0 Å². The molecule has 1 heterocycles. The molecule has 0 bridgehead atoms. The predicted octanol–water partition coefficient (Wildman–Crippen LogP) is 1.39. The summed E-state index contributed by atoms with van der Waals surface area (Å²) in [6, 6.07) is 4.90. The molecule has 0 radical (unpaired) electrons. The number of hydrogen-bond acceptors (Lipinski definition) is 5. The highest BCUT2D eigenvalue weighted by Gasteiger charge is 2.19. The third kappa shape index (κ3) is 4.85. The number of hydrogen-bond donors (Lipinski definition) is 1. The summed E-state index contributed by atoms with van der Waals surface area (Å²) in [4.78, 5) is 16.9. The number of carbonyl (C=O) groups excluding carboxylic acids is 1. The summed E-state index contributed by atoms with van der Waals surface area (Å²) in [5.74, 6) is 0.701. The van der Waals surface area contributed by atoms with E-state index in [1.165, 1.54) is 18.4 Å². The number of nitrogens with one attached hydrogen (secondary N) is 1. The summed E-state index contributed by atoms with van der Waals surface area (Å²) in [6.07, 6.45) is 0.782. The van der Waals surface area contributed by atoms with Gasteiger partial charge in [-0.1, -0.05) is 0 Å². The first-order valence-corrected chi connectivity index (χ1v) is 10.3. The van der Waals surface area contributed by atoms with E-state index in [0.717, 1.165) is 11.3 Å². The fraction of sp³-hybridized carbons (Fsp3) is 0.556. The fourth-order valence-electron chi connectivity index (χ4n) is 2.94. The number of amides is 1. The van der Waals surface area contributed by atoms with Crippen molar-refractivity contribution < 1.29 is 17.9 Å². The number of aromatic nitrogens is 2. The van der Waals surface area contributed by atoms with E-state index in [1.54, 1.807) is 25.3 Å². The molecule has 0 saturated heterocycles. The average Bonchev–Trinajstić information content (AvgIpc) is 2.96. The quantitative estimate of drug-likeness (QED) is 0.691. The zero-order valence-electron chi connectivity index (χ0n) is 16.5. The standard InChI is InChI=1S/C18H28N4O4S/c1-6-22-16-8-7-14(27(24,25)21(3)4)11-15(16)20-17(22)9-10-18(23)19-13(2)12-26-5/h7-8,11,13H,6,9-10,12H2,1-5H3,(H,19,23). The highest BCUT2D eigenvalue weighted by molar-refractivity contribution is 7.89. The van der Waals surface area contributed by atoms with Crippen molar-refractivity contribution in [2.75, 3.05) is 27.8 Å². The van der Waals surface area contributed by atoms with Gasteiger partial charge in [-0.25, -0.2) is 17.7 Å². The van der Waals surface area contributed by atoms with Gasteiger partial charge >= 0.3 is 0 Å². The molecule has 27 heavy (non-hydrogen) atoms. The summed E-state index contributed by atoms with van der Waals surface area (Å²) < 4.78 is 32.9. The Labute approximate surface area is 160 Å². The normalized spacial score (nSPS) is 13.3. The van der Waals surface area contributed by atoms with Gasteiger partial charge in [0.2, 0.25) is 15.9 Å². The van der Waals surface area contributed by atoms with Crippen LogP contribution >= 0.6 is 0 Å². The van der Waals surface area contributed by atoms with E-state index in [-0.39, 0.29) is 16.8 Å². The molecule has 1 unspecified atom stereocenters. The van der Waals surface area contributed by atoms with Crippen LogP contribution in [0.4, 0.5) is 0 Å². The van der Waals surface area contributed by atoms with E-state index in [0.29, 0.717) is 31.5 Å². The van der Waals surface area contributed by atoms with Crippen molar-refractivity contribution in [2.45, 2.75) is 44.2 Å². The summed E-state index contributed by atoms with van der Waals surface area (Å²) in [6.45, 7) is 5.03. The van der Waals surface area contributed by atoms with Crippen LogP contribution in [0, 0.1) is 0 Å². The smallest absolute Gasteiger partial charge is 0.242 e. The van der Waals surface area contributed by atoms with Gasteiger partial charge in [0.1, 0.15) is 5.82 Å². The lowest BCUT2D eigenvalue weighted by molar-refractivity contribution is -0.122. The minimum Gasteiger partial charge on any atom is -0.383 e. The number of methoxy groups -OCH3 is 1. The molecule has 150 valence electrons. The number of carbonyl (C=O) groups is 1. The van der Waals surface area contributed by atoms with Crippen LogP contribution in [0.2, 0.25) is 0 Å². The number of sulfonamides is 1. The van der Waals surface area contributed by atoms with Crippen LogP contribution in [0.5, 0.6) is 0 Å². The zero-order chi connectivity index (χ0) is 20.2. The molecule has 1 aromatic heterocycles. The minimum absolute atomic E-state index is 0.0497. The van der Waals surface area contributed by atoms with Crippen LogP contribution in [0.15, 0.2) is 23.1 Å². The fourth-order valence-corrected chi connectivity index (χ4v) is 3.86. The molecule has 1 amide bonds. The lowest BCUT2D eigenvalue weighted by Gasteiger charge is -2.12. The van der Waals surface area contributed by atoms with Gasteiger partial charge in [-0.2, -0.15) is 0 Å². The highest BCUT2D eigenvalue weighted by Crippen LogP contribution is 2.22. The number of imidazole rings is 1. The van der Waals surface area contributed by atoms with E-state index in [1.807, 2.05) is 18.4 Å². The molecule has 0 fully saturated rings. The van der Waals surface area contributed by atoms with Crippen molar-refractivity contribution in [2.24, 2.45) is 0 Å². The number of benzene rings is 1. The van der Waals surface area contributed by atoms with Gasteiger partial charge in [-0.3, -0.25) is 4.79 Å². The summed E-state index contributed by atoms with van der Waals surface area (Å²) in [5, 5.41) is 2.88. The van der Waals surface area contributed by atoms with Crippen LogP contribution in [0.1, 0.15) is 26.1 Å². The Morgan fingerprint density at radius 3 is 2.67 bits per heavy atom. The Kier molecular flexibility index (Phi) is 6.96. The maximum atomic E-state index is 12.3. The number of ether oxygens (including phenoxy) is 1. The zero-order valence-corrected chi connectivity index (χ0v) is 17.3. The molecule has 0 aliphatic rings. The van der Waals surface area contributed by atoms with E-state index in [9.17, 15) is 13.2 Å². The van der Waals surface area contributed by atoms with Gasteiger partial charge in [0, 0.05) is 46.6 Å². The van der Waals surface area contributed by atoms with Gasteiger partial charge in [-0.15, -0.1) is 0 Å². The molecule has 2 rings (SSSR count). The predicted molar refractivity (Wildman–Crippen MR) is 104 cm³/mol. The highest BCUT2D eigenvalue weighted by atomic mass is 32.2. The lowest BCUT2D eigenvalue weighted by Crippen LogP contribution is -2.35. The maximum absolute atomic E-state index is 12.3. The molecule has 1 aromatic carbocycles. The number of rotatable bonds is 9. The van der Waals surface area contributed by atoms with Gasteiger partial charge in [0.15, 0.2) is 0 Å². The Hall–Kier alpha value is -1.97. The number of nitrogens with zero attached hydrogens (tertiary/aromatic N) is 3. The maximum Gasteiger partial charge on any atom is 0.242 e. The summed E-state index contributed by atoms with van der Waals surface area (Å²) in [7, 11) is 1.08.